The molecule has 1 atom stereocenters. The van der Waals surface area contributed by atoms with Gasteiger partial charge in [-0.15, -0.1) is 0 Å². The third-order valence-corrected chi connectivity index (χ3v) is 4.62. The Hall–Kier alpha value is -3.02. The van der Waals surface area contributed by atoms with Crippen LogP contribution in [0.25, 0.3) is 10.8 Å². The number of non-ortho nitro benzene ring substituents is 1. The van der Waals surface area contributed by atoms with Crippen molar-refractivity contribution in [2.24, 2.45) is 0 Å². The van der Waals surface area contributed by atoms with Gasteiger partial charge in [0.25, 0.3) is 5.69 Å². The highest BCUT2D eigenvalue weighted by Gasteiger charge is 2.28. The number of nitro benzene ring substituents is 1. The van der Waals surface area contributed by atoms with Crippen LogP contribution in [0.3, 0.4) is 0 Å². The average molecular weight is 320 g/mol. The molecular formula is C18H16N4O2. The smallest absolute Gasteiger partial charge is 0.278 e. The molecule has 2 aromatic heterocycles. The van der Waals surface area contributed by atoms with Crippen molar-refractivity contribution in [3.05, 3.63) is 70.8 Å². The Morgan fingerprint density at radius 2 is 1.83 bits per heavy atom. The highest BCUT2D eigenvalue weighted by molar-refractivity contribution is 5.99. The van der Waals surface area contributed by atoms with Gasteiger partial charge < -0.3 is 4.90 Å². The molecule has 0 aliphatic carbocycles. The average Bonchev–Trinajstić information content (AvgIpc) is 3.11. The lowest BCUT2D eigenvalue weighted by Gasteiger charge is -2.28. The molecule has 1 aliphatic heterocycles. The number of pyridine rings is 2. The molecule has 4 rings (SSSR count). The fraction of sp³-hybridized carbons (Fsp3) is 0.222. The largest absolute Gasteiger partial charge is 0.364 e. The zero-order valence-electron chi connectivity index (χ0n) is 13.0. The fourth-order valence-electron chi connectivity index (χ4n) is 3.56. The summed E-state index contributed by atoms with van der Waals surface area (Å²) in [5.74, 6) is 0. The van der Waals surface area contributed by atoms with Gasteiger partial charge >= 0.3 is 0 Å². The van der Waals surface area contributed by atoms with Crippen LogP contribution in [-0.4, -0.2) is 21.4 Å². The maximum absolute atomic E-state index is 11.3. The zero-order chi connectivity index (χ0) is 16.5. The molecule has 1 aromatic carbocycles. The van der Waals surface area contributed by atoms with Gasteiger partial charge in [-0.25, -0.2) is 0 Å². The molecule has 1 fully saturated rings. The first-order chi connectivity index (χ1) is 11.8. The van der Waals surface area contributed by atoms with Gasteiger partial charge in [0, 0.05) is 48.5 Å². The topological polar surface area (TPSA) is 72.2 Å². The molecule has 3 heterocycles. The van der Waals surface area contributed by atoms with Crippen molar-refractivity contribution in [2.75, 3.05) is 11.4 Å². The second-order valence-corrected chi connectivity index (χ2v) is 5.91. The van der Waals surface area contributed by atoms with Crippen LogP contribution < -0.4 is 4.90 Å². The molecule has 0 amide bonds. The number of nitrogens with zero attached hydrogens (tertiary/aromatic N) is 4. The van der Waals surface area contributed by atoms with Crippen molar-refractivity contribution >= 4 is 22.1 Å². The van der Waals surface area contributed by atoms with Crippen molar-refractivity contribution in [1.82, 2.24) is 9.97 Å². The van der Waals surface area contributed by atoms with E-state index >= 15 is 0 Å². The van der Waals surface area contributed by atoms with E-state index in [4.69, 9.17) is 0 Å². The van der Waals surface area contributed by atoms with Gasteiger partial charge in [0.2, 0.25) is 0 Å². The number of hydrogen-bond acceptors (Lipinski definition) is 5. The summed E-state index contributed by atoms with van der Waals surface area (Å²) in [5, 5.41) is 12.7. The lowest BCUT2D eigenvalue weighted by molar-refractivity contribution is -0.383. The Balaban J connectivity index is 1.85. The summed E-state index contributed by atoms with van der Waals surface area (Å²) in [4.78, 5) is 21.4. The zero-order valence-corrected chi connectivity index (χ0v) is 13.0. The van der Waals surface area contributed by atoms with Gasteiger partial charge in [0.15, 0.2) is 0 Å². The maximum atomic E-state index is 11.3. The predicted octanol–water partition coefficient (Wildman–Crippen LogP) is 3.88. The van der Waals surface area contributed by atoms with Gasteiger partial charge in [-0.3, -0.25) is 20.1 Å². The summed E-state index contributed by atoms with van der Waals surface area (Å²) < 4.78 is 0. The number of nitro groups is 1. The summed E-state index contributed by atoms with van der Waals surface area (Å²) >= 11 is 0. The van der Waals surface area contributed by atoms with Crippen molar-refractivity contribution < 1.29 is 4.92 Å². The Bertz CT molecular complexity index is 898. The summed E-state index contributed by atoms with van der Waals surface area (Å²) in [5.41, 5.74) is 2.35. The number of hydrogen-bond donors (Lipinski definition) is 0. The number of rotatable bonds is 3. The number of benzene rings is 1. The van der Waals surface area contributed by atoms with E-state index in [1.54, 1.807) is 18.5 Å². The van der Waals surface area contributed by atoms with Gasteiger partial charge in [0.1, 0.15) is 0 Å². The molecular weight excluding hydrogens is 304 g/mol. The Labute approximate surface area is 138 Å². The molecule has 0 bridgehead atoms. The quantitative estimate of drug-likeness (QED) is 0.541. The van der Waals surface area contributed by atoms with E-state index in [0.29, 0.717) is 5.39 Å². The normalized spacial score (nSPS) is 17.3. The minimum Gasteiger partial charge on any atom is -0.364 e. The minimum absolute atomic E-state index is 0.0986. The number of fused-ring (bicyclic) bond motifs is 1. The van der Waals surface area contributed by atoms with Gasteiger partial charge in [-0.2, -0.15) is 0 Å². The van der Waals surface area contributed by atoms with Crippen molar-refractivity contribution in [2.45, 2.75) is 18.9 Å². The maximum Gasteiger partial charge on any atom is 0.278 e. The van der Waals surface area contributed by atoms with E-state index < -0.39 is 0 Å². The highest BCUT2D eigenvalue weighted by Crippen LogP contribution is 2.41. The van der Waals surface area contributed by atoms with Gasteiger partial charge in [0.05, 0.1) is 16.4 Å². The molecule has 0 saturated carbocycles. The first kappa shape index (κ1) is 14.6. The van der Waals surface area contributed by atoms with Crippen LogP contribution in [0.4, 0.5) is 11.4 Å². The molecule has 0 unspecified atom stereocenters. The lowest BCUT2D eigenvalue weighted by atomic mass is 10.0. The second-order valence-electron chi connectivity index (χ2n) is 5.91. The van der Waals surface area contributed by atoms with Crippen LogP contribution in [0, 0.1) is 10.1 Å². The Morgan fingerprint density at radius 1 is 1.04 bits per heavy atom. The summed E-state index contributed by atoms with van der Waals surface area (Å²) in [6.07, 6.45) is 9.04. The fourth-order valence-corrected chi connectivity index (χ4v) is 3.56. The number of anilines is 1. The molecule has 1 saturated heterocycles. The minimum atomic E-state index is -0.349. The van der Waals surface area contributed by atoms with Crippen LogP contribution in [0.5, 0.6) is 0 Å². The van der Waals surface area contributed by atoms with E-state index in [-0.39, 0.29) is 16.7 Å². The van der Waals surface area contributed by atoms with Crippen LogP contribution in [0.1, 0.15) is 24.4 Å². The molecule has 0 radical (unpaired) electrons. The molecule has 6 heteroatoms. The standard InChI is InChI=1S/C18H16N4O2/c23-22(24)18-4-3-17(14-7-10-20-12-15(14)18)21-11-1-2-16(21)13-5-8-19-9-6-13/h3-10,12,16H,1-2,11H2/t16-/m1/s1. The Morgan fingerprint density at radius 3 is 2.62 bits per heavy atom. The molecule has 0 N–H and O–H groups in total. The van der Waals surface area contributed by atoms with E-state index in [1.165, 1.54) is 5.56 Å². The Kier molecular flexibility index (Phi) is 3.57. The van der Waals surface area contributed by atoms with Crippen molar-refractivity contribution in [1.29, 1.82) is 0 Å². The third-order valence-electron chi connectivity index (χ3n) is 4.62. The first-order valence-corrected chi connectivity index (χ1v) is 7.93. The molecule has 3 aromatic rings. The van der Waals surface area contributed by atoms with E-state index in [2.05, 4.69) is 14.9 Å². The first-order valence-electron chi connectivity index (χ1n) is 7.93. The molecule has 6 nitrogen and oxygen atoms in total. The molecule has 24 heavy (non-hydrogen) atoms. The molecule has 120 valence electrons. The van der Waals surface area contributed by atoms with Crippen LogP contribution in [0.2, 0.25) is 0 Å². The van der Waals surface area contributed by atoms with Crippen molar-refractivity contribution in [3.63, 3.8) is 0 Å². The van der Waals surface area contributed by atoms with Crippen molar-refractivity contribution in [3.8, 4) is 0 Å². The SMILES string of the molecule is O=[N+]([O-])c1ccc(N2CCC[C@@H]2c2ccncc2)c2ccncc12. The monoisotopic (exact) mass is 320 g/mol. The van der Waals surface area contributed by atoms with Gasteiger partial charge in [-0.05, 0) is 42.7 Å². The van der Waals surface area contributed by atoms with E-state index in [9.17, 15) is 10.1 Å². The van der Waals surface area contributed by atoms with Gasteiger partial charge in [-0.1, -0.05) is 0 Å². The number of aromatic nitrogens is 2. The van der Waals surface area contributed by atoms with Crippen LogP contribution >= 0.6 is 0 Å². The van der Waals surface area contributed by atoms with Crippen LogP contribution in [0.15, 0.2) is 55.1 Å². The van der Waals surface area contributed by atoms with E-state index in [0.717, 1.165) is 30.5 Å². The predicted molar refractivity (Wildman–Crippen MR) is 92.0 cm³/mol. The second kappa shape index (κ2) is 5.88. The summed E-state index contributed by atoms with van der Waals surface area (Å²) in [7, 11) is 0. The van der Waals surface area contributed by atoms with Crippen LogP contribution in [-0.2, 0) is 0 Å². The molecule has 1 aliphatic rings. The summed E-state index contributed by atoms with van der Waals surface area (Å²) in [6, 6.07) is 9.66. The molecule has 0 spiro atoms. The third kappa shape index (κ3) is 2.36. The lowest BCUT2D eigenvalue weighted by Crippen LogP contribution is -2.22. The highest BCUT2D eigenvalue weighted by atomic mass is 16.6. The van der Waals surface area contributed by atoms with E-state index in [1.807, 2.05) is 36.7 Å². The summed E-state index contributed by atoms with van der Waals surface area (Å²) in [6.45, 7) is 0.933.